The monoisotopic (exact) mass is 347 g/mol. The Morgan fingerprint density at radius 1 is 1.42 bits per heavy atom. The van der Waals surface area contributed by atoms with Crippen molar-refractivity contribution in [2.24, 2.45) is 0 Å². The van der Waals surface area contributed by atoms with Gasteiger partial charge in [0.25, 0.3) is 0 Å². The van der Waals surface area contributed by atoms with Crippen molar-refractivity contribution < 1.29 is 9.21 Å². The summed E-state index contributed by atoms with van der Waals surface area (Å²) in [7, 11) is 0. The topological polar surface area (TPSA) is 57.5 Å². The van der Waals surface area contributed by atoms with Crippen LogP contribution in [-0.2, 0) is 19.4 Å². The molecule has 0 saturated carbocycles. The normalized spacial score (nSPS) is 17.1. The molecule has 6 heteroatoms. The molecule has 0 radical (unpaired) electrons. The number of rotatable bonds is 6. The molecule has 5 nitrogen and oxygen atoms in total. The van der Waals surface area contributed by atoms with Gasteiger partial charge in [-0.25, -0.2) is 4.79 Å². The highest BCUT2D eigenvalue weighted by Crippen LogP contribution is 2.24. The fraction of sp³-hybridized carbons (Fsp3) is 0.500. The van der Waals surface area contributed by atoms with Crippen LogP contribution in [0.5, 0.6) is 0 Å². The van der Waals surface area contributed by atoms with Gasteiger partial charge in [0.2, 0.25) is 0 Å². The van der Waals surface area contributed by atoms with E-state index in [2.05, 4.69) is 33.9 Å². The molecule has 0 aliphatic carbocycles. The highest BCUT2D eigenvalue weighted by molar-refractivity contribution is 7.10. The van der Waals surface area contributed by atoms with E-state index in [4.69, 9.17) is 4.42 Å². The molecule has 0 unspecified atom stereocenters. The summed E-state index contributed by atoms with van der Waals surface area (Å²) in [6.45, 7) is 6.85. The number of hydrogen-bond acceptors (Lipinski definition) is 4. The third kappa shape index (κ3) is 4.39. The fourth-order valence-corrected chi connectivity index (χ4v) is 3.96. The zero-order valence-corrected chi connectivity index (χ0v) is 15.1. The van der Waals surface area contributed by atoms with Gasteiger partial charge in [0.15, 0.2) is 0 Å². The molecule has 0 aromatic carbocycles. The molecule has 2 aromatic heterocycles. The first-order valence-corrected chi connectivity index (χ1v) is 9.36. The van der Waals surface area contributed by atoms with Crippen molar-refractivity contribution in [3.8, 4) is 0 Å². The van der Waals surface area contributed by atoms with E-state index in [1.807, 2.05) is 30.4 Å². The van der Waals surface area contributed by atoms with Crippen LogP contribution < -0.4 is 10.6 Å². The zero-order chi connectivity index (χ0) is 16.9. The van der Waals surface area contributed by atoms with E-state index in [1.54, 1.807) is 6.26 Å². The van der Waals surface area contributed by atoms with Gasteiger partial charge in [-0.05, 0) is 49.4 Å². The van der Waals surface area contributed by atoms with Crippen LogP contribution in [0.15, 0.2) is 34.3 Å². The minimum Gasteiger partial charge on any atom is -0.469 e. The maximum atomic E-state index is 12.1. The van der Waals surface area contributed by atoms with E-state index >= 15 is 0 Å². The van der Waals surface area contributed by atoms with E-state index in [0.29, 0.717) is 19.0 Å². The largest absolute Gasteiger partial charge is 0.469 e. The Hall–Kier alpha value is -1.79. The minimum absolute atomic E-state index is 0.0369. The molecule has 3 rings (SSSR count). The first-order valence-electron chi connectivity index (χ1n) is 8.48. The number of nitrogens with zero attached hydrogens (tertiary/aromatic N) is 1. The number of hydrogen-bond donors (Lipinski definition) is 2. The molecule has 24 heavy (non-hydrogen) atoms. The Bertz CT molecular complexity index is 653. The van der Waals surface area contributed by atoms with E-state index in [-0.39, 0.29) is 12.1 Å². The number of carbonyl (C=O) groups excluding carboxylic acids is 1. The number of urea groups is 1. The highest BCUT2D eigenvalue weighted by atomic mass is 32.1. The predicted octanol–water partition coefficient (Wildman–Crippen LogP) is 3.02. The lowest BCUT2D eigenvalue weighted by Gasteiger charge is -2.32. The first kappa shape index (κ1) is 17.0. The van der Waals surface area contributed by atoms with Gasteiger partial charge >= 0.3 is 6.03 Å². The van der Waals surface area contributed by atoms with Crippen LogP contribution in [0.3, 0.4) is 0 Å². The average molecular weight is 347 g/mol. The number of carbonyl (C=O) groups is 1. The zero-order valence-electron chi connectivity index (χ0n) is 14.2. The summed E-state index contributed by atoms with van der Waals surface area (Å²) in [5, 5.41) is 8.12. The second kappa shape index (κ2) is 7.85. The molecule has 2 aromatic rings. The molecule has 2 amide bonds. The Morgan fingerprint density at radius 3 is 3.08 bits per heavy atom. The van der Waals surface area contributed by atoms with Gasteiger partial charge in [0, 0.05) is 43.0 Å². The van der Waals surface area contributed by atoms with Crippen LogP contribution in [0.4, 0.5) is 4.79 Å². The lowest BCUT2D eigenvalue weighted by molar-refractivity contribution is 0.185. The molecule has 0 bridgehead atoms. The summed E-state index contributed by atoms with van der Waals surface area (Å²) in [6, 6.07) is 6.25. The number of fused-ring (bicyclic) bond motifs is 1. The Kier molecular flexibility index (Phi) is 5.58. The number of nitrogens with one attached hydrogen (secondary N) is 2. The standard InChI is InChI=1S/C18H25N3O2S/c1-13(10-16-4-3-8-23-16)20-18(22)19-11-14(2)21-7-5-17-15(12-21)6-9-24-17/h3-4,6,8-9,13-14H,5,7,10-12H2,1-2H3,(H2,19,20,22)/t13-,14-/m1/s1. The molecule has 2 N–H and O–H groups in total. The van der Waals surface area contributed by atoms with E-state index in [1.165, 1.54) is 10.4 Å². The lowest BCUT2D eigenvalue weighted by Crippen LogP contribution is -2.48. The lowest BCUT2D eigenvalue weighted by atomic mass is 10.1. The van der Waals surface area contributed by atoms with Gasteiger partial charge in [-0.2, -0.15) is 0 Å². The van der Waals surface area contributed by atoms with E-state index < -0.39 is 0 Å². The van der Waals surface area contributed by atoms with E-state index in [0.717, 1.165) is 25.3 Å². The maximum Gasteiger partial charge on any atom is 0.315 e. The summed E-state index contributed by atoms with van der Waals surface area (Å²) < 4.78 is 5.31. The van der Waals surface area contributed by atoms with Crippen molar-refractivity contribution in [1.82, 2.24) is 15.5 Å². The molecule has 1 aliphatic rings. The van der Waals surface area contributed by atoms with Crippen LogP contribution in [-0.4, -0.2) is 36.1 Å². The molecule has 2 atom stereocenters. The van der Waals surface area contributed by atoms with Gasteiger partial charge in [0.05, 0.1) is 6.26 Å². The third-order valence-corrected chi connectivity index (χ3v) is 5.51. The van der Waals surface area contributed by atoms with Crippen LogP contribution in [0.2, 0.25) is 0 Å². The molecular weight excluding hydrogens is 322 g/mol. The maximum absolute atomic E-state index is 12.1. The third-order valence-electron chi connectivity index (χ3n) is 4.48. The molecule has 0 saturated heterocycles. The van der Waals surface area contributed by atoms with Gasteiger partial charge in [0.1, 0.15) is 5.76 Å². The Labute approximate surface area is 147 Å². The smallest absolute Gasteiger partial charge is 0.315 e. The van der Waals surface area contributed by atoms with Gasteiger partial charge in [-0.3, -0.25) is 4.90 Å². The van der Waals surface area contributed by atoms with Crippen LogP contribution in [0.1, 0.15) is 30.0 Å². The van der Waals surface area contributed by atoms with Crippen molar-refractivity contribution in [3.63, 3.8) is 0 Å². The summed E-state index contributed by atoms with van der Waals surface area (Å²) in [4.78, 5) is 16.0. The van der Waals surface area contributed by atoms with Gasteiger partial charge < -0.3 is 15.1 Å². The summed E-state index contributed by atoms with van der Waals surface area (Å²) in [5.41, 5.74) is 1.44. The Morgan fingerprint density at radius 2 is 2.29 bits per heavy atom. The molecule has 0 fully saturated rings. The Balaban J connectivity index is 1.39. The second-order valence-electron chi connectivity index (χ2n) is 6.48. The number of furan rings is 1. The van der Waals surface area contributed by atoms with Crippen molar-refractivity contribution in [2.45, 2.75) is 45.3 Å². The number of amides is 2. The fourth-order valence-electron chi connectivity index (χ4n) is 3.07. The molecule has 130 valence electrons. The van der Waals surface area contributed by atoms with Gasteiger partial charge in [-0.15, -0.1) is 11.3 Å². The quantitative estimate of drug-likeness (QED) is 0.844. The van der Waals surface area contributed by atoms with Crippen LogP contribution in [0, 0.1) is 0 Å². The van der Waals surface area contributed by atoms with Crippen molar-refractivity contribution in [3.05, 3.63) is 46.0 Å². The summed E-state index contributed by atoms with van der Waals surface area (Å²) in [5.74, 6) is 0.885. The average Bonchev–Trinajstić information content (AvgIpc) is 3.22. The van der Waals surface area contributed by atoms with E-state index in [9.17, 15) is 4.79 Å². The van der Waals surface area contributed by atoms with Crippen LogP contribution >= 0.6 is 11.3 Å². The first-order chi connectivity index (χ1) is 11.6. The summed E-state index contributed by atoms with van der Waals surface area (Å²) >= 11 is 1.85. The van der Waals surface area contributed by atoms with Crippen LogP contribution in [0.25, 0.3) is 0 Å². The predicted molar refractivity (Wildman–Crippen MR) is 96.3 cm³/mol. The van der Waals surface area contributed by atoms with Crippen molar-refractivity contribution >= 4 is 17.4 Å². The second-order valence-corrected chi connectivity index (χ2v) is 7.48. The molecule has 0 spiro atoms. The molecule has 3 heterocycles. The summed E-state index contributed by atoms with van der Waals surface area (Å²) in [6.07, 6.45) is 3.47. The van der Waals surface area contributed by atoms with Gasteiger partial charge in [-0.1, -0.05) is 0 Å². The minimum atomic E-state index is -0.117. The van der Waals surface area contributed by atoms with Crippen molar-refractivity contribution in [1.29, 1.82) is 0 Å². The SMILES string of the molecule is C[C@H](Cc1ccco1)NC(=O)NC[C@@H](C)N1CCc2sccc2C1. The highest BCUT2D eigenvalue weighted by Gasteiger charge is 2.21. The number of thiophene rings is 1. The molecular formula is C18H25N3O2S. The van der Waals surface area contributed by atoms with Crippen molar-refractivity contribution in [2.75, 3.05) is 13.1 Å². The molecule has 1 aliphatic heterocycles.